The number of fused-ring (bicyclic) bond motifs is 2. The van der Waals surface area contributed by atoms with Crippen molar-refractivity contribution in [2.75, 3.05) is 6.54 Å². The molecule has 3 heteroatoms. The van der Waals surface area contributed by atoms with Gasteiger partial charge in [0.15, 0.2) is 0 Å². The van der Waals surface area contributed by atoms with Gasteiger partial charge in [-0.3, -0.25) is 4.90 Å². The molecule has 3 unspecified atom stereocenters. The van der Waals surface area contributed by atoms with Gasteiger partial charge in [-0.1, -0.05) is 6.92 Å². The molecule has 0 amide bonds. The fourth-order valence-electron chi connectivity index (χ4n) is 4.05. The summed E-state index contributed by atoms with van der Waals surface area (Å²) < 4.78 is 0. The van der Waals surface area contributed by atoms with E-state index in [1.165, 1.54) is 44.2 Å². The standard InChI is InChI=1S/C16H26N2S/c1-3-7-17-14-9-15-4-5-16(10-14)18(15)12(2)13-6-8-19-11-13/h6,8,11-12,14-17H,3-5,7,9-10H2,1-2H3. The maximum Gasteiger partial charge on any atom is 0.0334 e. The number of nitrogens with zero attached hydrogens (tertiary/aromatic N) is 1. The third-order valence-electron chi connectivity index (χ3n) is 4.95. The van der Waals surface area contributed by atoms with Crippen LogP contribution in [0.25, 0.3) is 0 Å². The van der Waals surface area contributed by atoms with Gasteiger partial charge in [-0.15, -0.1) is 0 Å². The van der Waals surface area contributed by atoms with Crippen LogP contribution in [0, 0.1) is 0 Å². The molecule has 1 N–H and O–H groups in total. The maximum absolute atomic E-state index is 3.74. The zero-order chi connectivity index (χ0) is 13.2. The van der Waals surface area contributed by atoms with Gasteiger partial charge in [-0.25, -0.2) is 0 Å². The first-order chi connectivity index (χ1) is 9.29. The zero-order valence-electron chi connectivity index (χ0n) is 12.1. The Morgan fingerprint density at radius 2 is 2.11 bits per heavy atom. The molecule has 1 aromatic heterocycles. The molecule has 2 aliphatic heterocycles. The van der Waals surface area contributed by atoms with E-state index < -0.39 is 0 Å². The molecule has 19 heavy (non-hydrogen) atoms. The summed E-state index contributed by atoms with van der Waals surface area (Å²) in [5.41, 5.74) is 1.52. The van der Waals surface area contributed by atoms with Crippen molar-refractivity contribution < 1.29 is 0 Å². The van der Waals surface area contributed by atoms with Crippen LogP contribution in [0.3, 0.4) is 0 Å². The predicted molar refractivity (Wildman–Crippen MR) is 82.7 cm³/mol. The summed E-state index contributed by atoms with van der Waals surface area (Å²) in [5.74, 6) is 0. The highest BCUT2D eigenvalue weighted by molar-refractivity contribution is 7.07. The highest BCUT2D eigenvalue weighted by atomic mass is 32.1. The average Bonchev–Trinajstić information content (AvgIpc) is 3.03. The Balaban J connectivity index is 1.66. The summed E-state index contributed by atoms with van der Waals surface area (Å²) in [5, 5.41) is 8.28. The fraction of sp³-hybridized carbons (Fsp3) is 0.750. The van der Waals surface area contributed by atoms with Gasteiger partial charge in [0.05, 0.1) is 0 Å². The molecule has 3 rings (SSSR count). The van der Waals surface area contributed by atoms with E-state index in [0.29, 0.717) is 6.04 Å². The van der Waals surface area contributed by atoms with Gasteiger partial charge < -0.3 is 5.32 Å². The lowest BCUT2D eigenvalue weighted by Gasteiger charge is -2.42. The molecule has 2 saturated heterocycles. The topological polar surface area (TPSA) is 15.3 Å². The van der Waals surface area contributed by atoms with E-state index in [0.717, 1.165) is 18.1 Å². The molecule has 106 valence electrons. The lowest BCUT2D eigenvalue weighted by Crippen LogP contribution is -2.49. The Bertz CT molecular complexity index is 375. The van der Waals surface area contributed by atoms with Crippen LogP contribution in [0.2, 0.25) is 0 Å². The highest BCUT2D eigenvalue weighted by Crippen LogP contribution is 2.41. The van der Waals surface area contributed by atoms with Crippen molar-refractivity contribution in [3.63, 3.8) is 0 Å². The highest BCUT2D eigenvalue weighted by Gasteiger charge is 2.42. The monoisotopic (exact) mass is 278 g/mol. The number of thiophene rings is 1. The van der Waals surface area contributed by atoms with Crippen LogP contribution in [-0.4, -0.2) is 29.6 Å². The second kappa shape index (κ2) is 5.94. The minimum atomic E-state index is 0.607. The predicted octanol–water partition coefficient (Wildman–Crippen LogP) is 3.80. The number of piperidine rings is 1. The van der Waals surface area contributed by atoms with E-state index in [-0.39, 0.29) is 0 Å². The third-order valence-corrected chi connectivity index (χ3v) is 5.65. The van der Waals surface area contributed by atoms with Crippen molar-refractivity contribution in [1.82, 2.24) is 10.2 Å². The summed E-state index contributed by atoms with van der Waals surface area (Å²) in [6, 6.07) is 5.29. The quantitative estimate of drug-likeness (QED) is 0.881. The van der Waals surface area contributed by atoms with E-state index >= 15 is 0 Å². The third kappa shape index (κ3) is 2.74. The van der Waals surface area contributed by atoms with Crippen LogP contribution >= 0.6 is 11.3 Å². The molecule has 3 atom stereocenters. The molecule has 2 bridgehead atoms. The normalized spacial score (nSPS) is 32.6. The van der Waals surface area contributed by atoms with Gasteiger partial charge in [0.25, 0.3) is 0 Å². The van der Waals surface area contributed by atoms with Crippen LogP contribution in [0.4, 0.5) is 0 Å². The Morgan fingerprint density at radius 1 is 1.37 bits per heavy atom. The van der Waals surface area contributed by atoms with Gasteiger partial charge in [-0.2, -0.15) is 11.3 Å². The molecule has 0 spiro atoms. The first-order valence-corrected chi connectivity index (χ1v) is 8.76. The van der Waals surface area contributed by atoms with Crippen molar-refractivity contribution in [3.05, 3.63) is 22.4 Å². The van der Waals surface area contributed by atoms with Crippen molar-refractivity contribution >= 4 is 11.3 Å². The molecule has 3 heterocycles. The first kappa shape index (κ1) is 13.6. The lowest BCUT2D eigenvalue weighted by molar-refractivity contribution is 0.0773. The number of hydrogen-bond donors (Lipinski definition) is 1. The minimum Gasteiger partial charge on any atom is -0.314 e. The van der Waals surface area contributed by atoms with Crippen molar-refractivity contribution in [2.24, 2.45) is 0 Å². The van der Waals surface area contributed by atoms with Gasteiger partial charge in [0.2, 0.25) is 0 Å². The average molecular weight is 278 g/mol. The Kier molecular flexibility index (Phi) is 4.25. The second-order valence-corrected chi connectivity index (χ2v) is 6.97. The molecule has 1 aromatic rings. The summed E-state index contributed by atoms with van der Waals surface area (Å²) in [6.45, 7) is 5.84. The van der Waals surface area contributed by atoms with Gasteiger partial charge in [0.1, 0.15) is 0 Å². The van der Waals surface area contributed by atoms with E-state index in [4.69, 9.17) is 0 Å². The molecule has 0 aromatic carbocycles. The number of rotatable bonds is 5. The maximum atomic E-state index is 3.74. The Morgan fingerprint density at radius 3 is 2.68 bits per heavy atom. The van der Waals surface area contributed by atoms with E-state index in [2.05, 4.69) is 40.9 Å². The lowest BCUT2D eigenvalue weighted by atomic mass is 9.94. The van der Waals surface area contributed by atoms with E-state index in [1.54, 1.807) is 0 Å². The van der Waals surface area contributed by atoms with Gasteiger partial charge >= 0.3 is 0 Å². The minimum absolute atomic E-state index is 0.607. The molecule has 2 nitrogen and oxygen atoms in total. The fourth-order valence-corrected chi connectivity index (χ4v) is 4.79. The molecule has 2 aliphatic rings. The molecular formula is C16H26N2S. The Hall–Kier alpha value is -0.380. The van der Waals surface area contributed by atoms with Gasteiger partial charge in [-0.05, 0) is 68.0 Å². The van der Waals surface area contributed by atoms with Crippen LogP contribution in [0.15, 0.2) is 16.8 Å². The summed E-state index contributed by atoms with van der Waals surface area (Å²) >= 11 is 1.83. The number of nitrogens with one attached hydrogen (secondary N) is 1. The van der Waals surface area contributed by atoms with Crippen LogP contribution < -0.4 is 5.32 Å². The smallest absolute Gasteiger partial charge is 0.0334 e. The summed E-state index contributed by atoms with van der Waals surface area (Å²) in [4.78, 5) is 2.81. The van der Waals surface area contributed by atoms with Crippen LogP contribution in [0.1, 0.15) is 57.6 Å². The molecule has 0 aliphatic carbocycles. The SMILES string of the molecule is CCCNC1CC2CCC(C1)N2C(C)c1ccsc1. The van der Waals surface area contributed by atoms with Crippen molar-refractivity contribution in [2.45, 2.75) is 70.1 Å². The Labute approximate surface area is 121 Å². The van der Waals surface area contributed by atoms with Crippen molar-refractivity contribution in [1.29, 1.82) is 0 Å². The number of hydrogen-bond acceptors (Lipinski definition) is 3. The summed E-state index contributed by atoms with van der Waals surface area (Å²) in [7, 11) is 0. The zero-order valence-corrected chi connectivity index (χ0v) is 13.0. The second-order valence-electron chi connectivity index (χ2n) is 6.19. The molecule has 0 saturated carbocycles. The molecule has 0 radical (unpaired) electrons. The molecule has 2 fully saturated rings. The van der Waals surface area contributed by atoms with Crippen LogP contribution in [-0.2, 0) is 0 Å². The van der Waals surface area contributed by atoms with E-state index in [9.17, 15) is 0 Å². The largest absolute Gasteiger partial charge is 0.314 e. The van der Waals surface area contributed by atoms with Crippen molar-refractivity contribution in [3.8, 4) is 0 Å². The van der Waals surface area contributed by atoms with E-state index in [1.807, 2.05) is 11.3 Å². The first-order valence-electron chi connectivity index (χ1n) is 7.82. The summed E-state index contributed by atoms with van der Waals surface area (Å²) in [6.07, 6.45) is 6.77. The van der Waals surface area contributed by atoms with Crippen LogP contribution in [0.5, 0.6) is 0 Å². The molecular weight excluding hydrogens is 252 g/mol. The van der Waals surface area contributed by atoms with Gasteiger partial charge in [0, 0.05) is 24.2 Å².